The largest absolute Gasteiger partial charge is 0.336 e. The maximum Gasteiger partial charge on any atom is 0.256 e. The summed E-state index contributed by atoms with van der Waals surface area (Å²) >= 11 is 1.57. The molecular weight excluding hydrogens is 308 g/mol. The maximum atomic E-state index is 12.5. The smallest absolute Gasteiger partial charge is 0.256 e. The Balaban J connectivity index is 2.22. The van der Waals surface area contributed by atoms with Crippen LogP contribution in [-0.2, 0) is 16.6 Å². The molecule has 0 aliphatic rings. The minimum atomic E-state index is -3.43. The minimum absolute atomic E-state index is 0.227. The average Bonchev–Trinajstić information content (AvgIpc) is 2.89. The first-order chi connectivity index (χ1) is 9.87. The number of anilines is 1. The maximum absolute atomic E-state index is 12.5. The standard InChI is InChI=1S/C14H16N2O3S2/c1-16(10-11-6-5-9-20-11)14(17)12-7-3-4-8-13(12)15-21(2,18)19/h3-9,15H,10H2,1-2H3. The fourth-order valence-electron chi connectivity index (χ4n) is 1.87. The minimum Gasteiger partial charge on any atom is -0.336 e. The van der Waals surface area contributed by atoms with Crippen molar-refractivity contribution in [2.45, 2.75) is 6.54 Å². The van der Waals surface area contributed by atoms with E-state index >= 15 is 0 Å². The lowest BCUT2D eigenvalue weighted by Gasteiger charge is -2.18. The van der Waals surface area contributed by atoms with Crippen molar-refractivity contribution in [2.24, 2.45) is 0 Å². The van der Waals surface area contributed by atoms with Crippen LogP contribution in [0.5, 0.6) is 0 Å². The van der Waals surface area contributed by atoms with Crippen LogP contribution in [0.2, 0.25) is 0 Å². The Kier molecular flexibility index (Phi) is 4.64. The van der Waals surface area contributed by atoms with Crippen molar-refractivity contribution < 1.29 is 13.2 Å². The van der Waals surface area contributed by atoms with Gasteiger partial charge in [0, 0.05) is 11.9 Å². The number of rotatable bonds is 5. The number of amides is 1. The summed E-state index contributed by atoms with van der Waals surface area (Å²) in [6.07, 6.45) is 1.06. The second-order valence-corrected chi connectivity index (χ2v) is 7.44. The number of carbonyl (C=O) groups is 1. The summed E-state index contributed by atoms with van der Waals surface area (Å²) in [5.41, 5.74) is 0.630. The molecule has 1 N–H and O–H groups in total. The van der Waals surface area contributed by atoms with Crippen molar-refractivity contribution >= 4 is 33.0 Å². The quantitative estimate of drug-likeness (QED) is 0.918. The average molecular weight is 324 g/mol. The van der Waals surface area contributed by atoms with Crippen LogP contribution in [-0.4, -0.2) is 32.5 Å². The zero-order valence-electron chi connectivity index (χ0n) is 11.7. The molecule has 1 amide bonds. The van der Waals surface area contributed by atoms with Gasteiger partial charge in [-0.15, -0.1) is 11.3 Å². The number of nitrogens with one attached hydrogen (secondary N) is 1. The van der Waals surface area contributed by atoms with Gasteiger partial charge in [-0.2, -0.15) is 0 Å². The summed E-state index contributed by atoms with van der Waals surface area (Å²) in [6, 6.07) is 10.5. The van der Waals surface area contributed by atoms with Gasteiger partial charge in [0.2, 0.25) is 10.0 Å². The van der Waals surface area contributed by atoms with Gasteiger partial charge in [-0.1, -0.05) is 18.2 Å². The van der Waals surface area contributed by atoms with Crippen LogP contribution in [0.3, 0.4) is 0 Å². The molecule has 2 rings (SSSR count). The number of nitrogens with zero attached hydrogens (tertiary/aromatic N) is 1. The summed E-state index contributed by atoms with van der Waals surface area (Å²) in [6.45, 7) is 0.490. The number of benzene rings is 1. The van der Waals surface area contributed by atoms with Crippen LogP contribution < -0.4 is 4.72 Å². The molecule has 0 saturated carbocycles. The van der Waals surface area contributed by atoms with Gasteiger partial charge in [0.1, 0.15) is 0 Å². The van der Waals surface area contributed by atoms with E-state index in [4.69, 9.17) is 0 Å². The summed E-state index contributed by atoms with van der Waals surface area (Å²) in [7, 11) is -1.73. The highest BCUT2D eigenvalue weighted by atomic mass is 32.2. The van der Waals surface area contributed by atoms with Gasteiger partial charge < -0.3 is 4.90 Å². The number of thiophene rings is 1. The van der Waals surface area contributed by atoms with Gasteiger partial charge in [0.05, 0.1) is 24.1 Å². The molecule has 7 heteroatoms. The molecule has 0 aliphatic heterocycles. The predicted molar refractivity (Wildman–Crippen MR) is 85.0 cm³/mol. The second-order valence-electron chi connectivity index (χ2n) is 4.66. The lowest BCUT2D eigenvalue weighted by Crippen LogP contribution is -2.27. The highest BCUT2D eigenvalue weighted by Crippen LogP contribution is 2.19. The van der Waals surface area contributed by atoms with Crippen molar-refractivity contribution in [3.05, 3.63) is 52.2 Å². The lowest BCUT2D eigenvalue weighted by molar-refractivity contribution is 0.0787. The number of carbonyl (C=O) groups excluding carboxylic acids is 1. The Hall–Kier alpha value is -1.86. The van der Waals surface area contributed by atoms with E-state index in [0.29, 0.717) is 17.8 Å². The highest BCUT2D eigenvalue weighted by molar-refractivity contribution is 7.92. The number of sulfonamides is 1. The van der Waals surface area contributed by atoms with Crippen LogP contribution in [0.1, 0.15) is 15.2 Å². The van der Waals surface area contributed by atoms with Gasteiger partial charge in [0.25, 0.3) is 5.91 Å². The molecule has 1 heterocycles. The number of hydrogen-bond donors (Lipinski definition) is 1. The normalized spacial score (nSPS) is 11.1. The second kappa shape index (κ2) is 6.28. The molecule has 0 bridgehead atoms. The molecule has 112 valence electrons. The number of para-hydroxylation sites is 1. The van der Waals surface area contributed by atoms with Gasteiger partial charge in [-0.25, -0.2) is 8.42 Å². The Labute approximate surface area is 128 Å². The highest BCUT2D eigenvalue weighted by Gasteiger charge is 2.17. The molecule has 0 aliphatic carbocycles. The van der Waals surface area contributed by atoms with Gasteiger partial charge in [0.15, 0.2) is 0 Å². The van der Waals surface area contributed by atoms with Crippen LogP contribution >= 0.6 is 11.3 Å². The van der Waals surface area contributed by atoms with Crippen molar-refractivity contribution in [3.8, 4) is 0 Å². The predicted octanol–water partition coefficient (Wildman–Crippen LogP) is 2.39. The van der Waals surface area contributed by atoms with Crippen molar-refractivity contribution in [1.29, 1.82) is 0 Å². The SMILES string of the molecule is CN(Cc1cccs1)C(=O)c1ccccc1NS(C)(=O)=O. The molecule has 21 heavy (non-hydrogen) atoms. The van der Waals surface area contributed by atoms with Gasteiger partial charge in [-0.05, 0) is 23.6 Å². The Bertz CT molecular complexity index is 724. The third-order valence-corrected chi connectivity index (χ3v) is 4.22. The summed E-state index contributed by atoms with van der Waals surface area (Å²) < 4.78 is 25.1. The van der Waals surface area contributed by atoms with Crippen LogP contribution in [0.25, 0.3) is 0 Å². The first-order valence-electron chi connectivity index (χ1n) is 6.21. The molecule has 0 unspecified atom stereocenters. The van der Waals surface area contributed by atoms with E-state index in [1.54, 1.807) is 47.5 Å². The molecule has 0 radical (unpaired) electrons. The van der Waals surface area contributed by atoms with Crippen molar-refractivity contribution in [1.82, 2.24) is 4.90 Å². The van der Waals surface area contributed by atoms with Crippen LogP contribution in [0.15, 0.2) is 41.8 Å². The molecule has 1 aromatic carbocycles. The van der Waals surface area contributed by atoms with E-state index < -0.39 is 10.0 Å². The van der Waals surface area contributed by atoms with E-state index in [-0.39, 0.29) is 5.91 Å². The fraction of sp³-hybridized carbons (Fsp3) is 0.214. The molecule has 0 saturated heterocycles. The Morgan fingerprint density at radius 1 is 1.24 bits per heavy atom. The summed E-state index contributed by atoms with van der Waals surface area (Å²) in [5.74, 6) is -0.227. The molecule has 0 fully saturated rings. The van der Waals surface area contributed by atoms with Crippen LogP contribution in [0, 0.1) is 0 Å². The number of hydrogen-bond acceptors (Lipinski definition) is 4. The molecule has 5 nitrogen and oxygen atoms in total. The van der Waals surface area contributed by atoms with Gasteiger partial charge >= 0.3 is 0 Å². The molecule has 1 aromatic heterocycles. The summed E-state index contributed by atoms with van der Waals surface area (Å²) in [4.78, 5) is 15.1. The van der Waals surface area contributed by atoms with Crippen molar-refractivity contribution in [3.63, 3.8) is 0 Å². The zero-order valence-corrected chi connectivity index (χ0v) is 13.4. The van der Waals surface area contributed by atoms with Crippen molar-refractivity contribution in [2.75, 3.05) is 18.0 Å². The van der Waals surface area contributed by atoms with E-state index in [1.807, 2.05) is 17.5 Å². The first kappa shape index (κ1) is 15.5. The molecule has 0 atom stereocenters. The summed E-state index contributed by atoms with van der Waals surface area (Å²) in [5, 5.41) is 1.95. The Morgan fingerprint density at radius 3 is 2.57 bits per heavy atom. The Morgan fingerprint density at radius 2 is 1.95 bits per heavy atom. The first-order valence-corrected chi connectivity index (χ1v) is 8.98. The van der Waals surface area contributed by atoms with Gasteiger partial charge in [-0.3, -0.25) is 9.52 Å². The third kappa shape index (κ3) is 4.30. The molecule has 2 aromatic rings. The molecule has 0 spiro atoms. The third-order valence-electron chi connectivity index (χ3n) is 2.77. The van der Waals surface area contributed by atoms with E-state index in [9.17, 15) is 13.2 Å². The lowest BCUT2D eigenvalue weighted by atomic mass is 10.1. The zero-order chi connectivity index (χ0) is 15.5. The fourth-order valence-corrected chi connectivity index (χ4v) is 3.21. The van der Waals surface area contributed by atoms with E-state index in [1.165, 1.54) is 0 Å². The monoisotopic (exact) mass is 324 g/mol. The van der Waals surface area contributed by atoms with E-state index in [2.05, 4.69) is 4.72 Å². The van der Waals surface area contributed by atoms with E-state index in [0.717, 1.165) is 11.1 Å². The molecular formula is C14H16N2O3S2. The topological polar surface area (TPSA) is 66.5 Å². The van der Waals surface area contributed by atoms with Crippen LogP contribution in [0.4, 0.5) is 5.69 Å².